The average molecular weight is 450 g/mol. The molecule has 10 nitrogen and oxygen atoms in total. The fourth-order valence-corrected chi connectivity index (χ4v) is 3.91. The minimum atomic E-state index is -0.476. The third kappa shape index (κ3) is 5.46. The Bertz CT molecular complexity index is 1170. The highest BCUT2D eigenvalue weighted by atomic mass is 16.5. The molecule has 1 aliphatic carbocycles. The molecule has 0 bridgehead atoms. The van der Waals surface area contributed by atoms with Gasteiger partial charge < -0.3 is 20.7 Å². The first-order valence-electron chi connectivity index (χ1n) is 10.9. The average Bonchev–Trinajstić information content (AvgIpc) is 3.48. The van der Waals surface area contributed by atoms with Gasteiger partial charge in [0.1, 0.15) is 5.52 Å². The molecule has 3 aromatic rings. The Hall–Kier alpha value is -3.95. The Balaban J connectivity index is 1.30. The van der Waals surface area contributed by atoms with Crippen LogP contribution < -0.4 is 16.0 Å². The number of benzene rings is 2. The number of esters is 1. The zero-order chi connectivity index (χ0) is 23.2. The number of anilines is 1. The number of carbonyl (C=O) groups is 3. The number of hydrogen-bond donors (Lipinski definition) is 3. The van der Waals surface area contributed by atoms with E-state index in [1.54, 1.807) is 35.0 Å². The van der Waals surface area contributed by atoms with E-state index in [2.05, 4.69) is 31.0 Å². The number of nitrogens with zero attached hydrogens (tertiary/aromatic N) is 3. The number of nitrogens with one attached hydrogen (secondary N) is 3. The van der Waals surface area contributed by atoms with Crippen molar-refractivity contribution < 1.29 is 19.1 Å². The fraction of sp³-hybridized carbons (Fsp3) is 0.348. The van der Waals surface area contributed by atoms with Gasteiger partial charge >= 0.3 is 12.0 Å². The van der Waals surface area contributed by atoms with E-state index in [0.717, 1.165) is 31.2 Å². The van der Waals surface area contributed by atoms with Crippen LogP contribution in [-0.2, 0) is 11.3 Å². The second-order valence-corrected chi connectivity index (χ2v) is 7.92. The van der Waals surface area contributed by atoms with Crippen molar-refractivity contribution in [2.45, 2.75) is 38.3 Å². The molecule has 3 amide bonds. The third-order valence-electron chi connectivity index (χ3n) is 5.62. The summed E-state index contributed by atoms with van der Waals surface area (Å²) in [6.07, 6.45) is 4.37. The molecule has 3 N–H and O–H groups in total. The van der Waals surface area contributed by atoms with E-state index in [-0.39, 0.29) is 11.9 Å². The molecule has 10 heteroatoms. The molecule has 0 unspecified atom stereocenters. The van der Waals surface area contributed by atoms with Gasteiger partial charge in [-0.25, -0.2) is 14.3 Å². The molecule has 1 heterocycles. The first-order valence-corrected chi connectivity index (χ1v) is 10.9. The fourth-order valence-electron chi connectivity index (χ4n) is 3.91. The van der Waals surface area contributed by atoms with Gasteiger partial charge in [0.25, 0.3) is 5.91 Å². The minimum Gasteiger partial charge on any atom is -0.465 e. The quantitative estimate of drug-likeness (QED) is 0.475. The largest absolute Gasteiger partial charge is 0.465 e. The lowest BCUT2D eigenvalue weighted by molar-refractivity contribution is 0.0600. The molecule has 2 aromatic carbocycles. The van der Waals surface area contributed by atoms with Gasteiger partial charge in [0.2, 0.25) is 0 Å². The first-order chi connectivity index (χ1) is 16.0. The topological polar surface area (TPSA) is 127 Å². The Morgan fingerprint density at radius 3 is 2.70 bits per heavy atom. The van der Waals surface area contributed by atoms with Crippen molar-refractivity contribution in [1.29, 1.82) is 0 Å². The molecule has 33 heavy (non-hydrogen) atoms. The Labute approximate surface area is 190 Å². The first kappa shape index (κ1) is 22.3. The van der Waals surface area contributed by atoms with Gasteiger partial charge in [-0.1, -0.05) is 24.1 Å². The summed E-state index contributed by atoms with van der Waals surface area (Å²) in [7, 11) is 1.30. The Morgan fingerprint density at radius 1 is 1.09 bits per heavy atom. The SMILES string of the molecule is COC(=O)c1cccc(NC(=O)NCCn2nnc3cc(C(=O)NC4CCCC4)ccc32)c1. The number of ether oxygens (including phenoxy) is 1. The van der Waals surface area contributed by atoms with Gasteiger partial charge in [-0.2, -0.15) is 0 Å². The molecule has 0 spiro atoms. The van der Waals surface area contributed by atoms with Crippen molar-refractivity contribution in [1.82, 2.24) is 25.6 Å². The lowest BCUT2D eigenvalue weighted by atomic mass is 10.1. The van der Waals surface area contributed by atoms with Gasteiger partial charge in [-0.05, 0) is 49.2 Å². The van der Waals surface area contributed by atoms with Crippen LogP contribution in [0.5, 0.6) is 0 Å². The lowest BCUT2D eigenvalue weighted by Crippen LogP contribution is -2.32. The van der Waals surface area contributed by atoms with Crippen LogP contribution >= 0.6 is 0 Å². The molecular weight excluding hydrogens is 424 g/mol. The normalized spacial score (nSPS) is 13.6. The Kier molecular flexibility index (Phi) is 6.82. The number of methoxy groups -OCH3 is 1. The summed E-state index contributed by atoms with van der Waals surface area (Å²) in [5.74, 6) is -0.566. The number of carbonyl (C=O) groups excluding carboxylic acids is 3. The zero-order valence-corrected chi connectivity index (χ0v) is 18.3. The van der Waals surface area contributed by atoms with E-state index in [9.17, 15) is 14.4 Å². The second-order valence-electron chi connectivity index (χ2n) is 7.92. The summed E-state index contributed by atoms with van der Waals surface area (Å²) in [6, 6.07) is 11.6. The summed E-state index contributed by atoms with van der Waals surface area (Å²) in [4.78, 5) is 36.3. The maximum absolute atomic E-state index is 12.5. The Morgan fingerprint density at radius 2 is 1.91 bits per heavy atom. The summed E-state index contributed by atoms with van der Waals surface area (Å²) in [5, 5.41) is 16.8. The van der Waals surface area contributed by atoms with E-state index >= 15 is 0 Å². The van der Waals surface area contributed by atoms with Crippen molar-refractivity contribution in [3.63, 3.8) is 0 Å². The van der Waals surface area contributed by atoms with E-state index < -0.39 is 12.0 Å². The third-order valence-corrected chi connectivity index (χ3v) is 5.62. The summed E-state index contributed by atoms with van der Waals surface area (Å²) >= 11 is 0. The molecule has 172 valence electrons. The van der Waals surface area contributed by atoms with Gasteiger partial charge in [-0.3, -0.25) is 4.79 Å². The molecule has 4 rings (SSSR count). The number of hydrogen-bond acceptors (Lipinski definition) is 6. The van der Waals surface area contributed by atoms with Gasteiger partial charge in [0.15, 0.2) is 0 Å². The van der Waals surface area contributed by atoms with E-state index in [4.69, 9.17) is 0 Å². The number of fused-ring (bicyclic) bond motifs is 1. The van der Waals surface area contributed by atoms with Crippen molar-refractivity contribution in [2.75, 3.05) is 19.0 Å². The van der Waals surface area contributed by atoms with Crippen LogP contribution in [0.4, 0.5) is 10.5 Å². The van der Waals surface area contributed by atoms with Crippen LogP contribution in [0.15, 0.2) is 42.5 Å². The van der Waals surface area contributed by atoms with Crippen molar-refractivity contribution in [2.24, 2.45) is 0 Å². The van der Waals surface area contributed by atoms with Crippen LogP contribution in [0.1, 0.15) is 46.4 Å². The molecule has 0 radical (unpaired) electrons. The van der Waals surface area contributed by atoms with Crippen LogP contribution in [0.25, 0.3) is 11.0 Å². The predicted octanol–water partition coefficient (Wildman–Crippen LogP) is 2.71. The predicted molar refractivity (Wildman–Crippen MR) is 122 cm³/mol. The maximum atomic E-state index is 12.5. The zero-order valence-electron chi connectivity index (χ0n) is 18.3. The van der Waals surface area contributed by atoms with Crippen molar-refractivity contribution >= 4 is 34.6 Å². The maximum Gasteiger partial charge on any atom is 0.337 e. The highest BCUT2D eigenvalue weighted by Gasteiger charge is 2.18. The standard InChI is InChI=1S/C23H26N6O4/c1-33-22(31)16-5-4-8-18(13-16)26-23(32)24-11-12-29-20-10-9-15(14-19(20)27-28-29)21(30)25-17-6-2-3-7-17/h4-5,8-10,13-14,17H,2-3,6-7,11-12H2,1H3,(H,25,30)(H2,24,26,32). The monoisotopic (exact) mass is 450 g/mol. The number of rotatable bonds is 7. The molecule has 0 aliphatic heterocycles. The molecule has 0 saturated heterocycles. The van der Waals surface area contributed by atoms with Crippen LogP contribution in [0, 0.1) is 0 Å². The molecule has 1 aliphatic rings. The second kappa shape index (κ2) is 10.1. The molecule has 0 atom stereocenters. The highest BCUT2D eigenvalue weighted by molar-refractivity contribution is 5.97. The van der Waals surface area contributed by atoms with Gasteiger partial charge in [0, 0.05) is 23.8 Å². The molecule has 1 aromatic heterocycles. The van der Waals surface area contributed by atoms with E-state index in [0.29, 0.717) is 35.4 Å². The van der Waals surface area contributed by atoms with Crippen LogP contribution in [-0.4, -0.2) is 52.6 Å². The van der Waals surface area contributed by atoms with Gasteiger partial charge in [0.05, 0.1) is 24.7 Å². The van der Waals surface area contributed by atoms with Crippen molar-refractivity contribution in [3.8, 4) is 0 Å². The summed E-state index contributed by atoms with van der Waals surface area (Å²) in [6.45, 7) is 0.713. The summed E-state index contributed by atoms with van der Waals surface area (Å²) in [5.41, 5.74) is 2.79. The van der Waals surface area contributed by atoms with Gasteiger partial charge in [-0.15, -0.1) is 5.10 Å². The number of amides is 3. The van der Waals surface area contributed by atoms with Crippen LogP contribution in [0.3, 0.4) is 0 Å². The number of urea groups is 1. The van der Waals surface area contributed by atoms with Crippen molar-refractivity contribution in [3.05, 3.63) is 53.6 Å². The highest BCUT2D eigenvalue weighted by Crippen LogP contribution is 2.19. The number of aromatic nitrogens is 3. The van der Waals surface area contributed by atoms with E-state index in [1.165, 1.54) is 13.2 Å². The van der Waals surface area contributed by atoms with E-state index in [1.807, 2.05) is 6.07 Å². The lowest BCUT2D eigenvalue weighted by Gasteiger charge is -2.11. The molecule has 1 saturated carbocycles. The molecule has 1 fully saturated rings. The van der Waals surface area contributed by atoms with Crippen LogP contribution in [0.2, 0.25) is 0 Å². The summed E-state index contributed by atoms with van der Waals surface area (Å²) < 4.78 is 6.36. The smallest absolute Gasteiger partial charge is 0.337 e. The molecular formula is C23H26N6O4. The minimum absolute atomic E-state index is 0.0899.